The summed E-state index contributed by atoms with van der Waals surface area (Å²) >= 11 is 0. The number of rotatable bonds is 3. The van der Waals surface area contributed by atoms with Crippen LogP contribution in [0, 0.1) is 0 Å². The number of anilines is 2. The van der Waals surface area contributed by atoms with Crippen molar-refractivity contribution >= 4 is 11.8 Å². The van der Waals surface area contributed by atoms with Crippen LogP contribution in [-0.4, -0.2) is 42.7 Å². The molecule has 2 N–H and O–H groups in total. The second-order valence-electron chi connectivity index (χ2n) is 5.27. The maximum Gasteiger partial charge on any atom is 0.227 e. The summed E-state index contributed by atoms with van der Waals surface area (Å²) in [7, 11) is 0. The predicted octanol–water partition coefficient (Wildman–Crippen LogP) is 1.20. The highest BCUT2D eigenvalue weighted by molar-refractivity contribution is 5.52. The first-order valence-electron chi connectivity index (χ1n) is 7.48. The topological polar surface area (TPSA) is 53.1 Å². The first kappa shape index (κ1) is 12.7. The van der Waals surface area contributed by atoms with Crippen LogP contribution in [-0.2, 0) is 12.8 Å². The van der Waals surface area contributed by atoms with E-state index in [9.17, 15) is 0 Å². The van der Waals surface area contributed by atoms with Gasteiger partial charge in [0.05, 0.1) is 5.69 Å². The van der Waals surface area contributed by atoms with E-state index in [0.29, 0.717) is 0 Å². The maximum absolute atomic E-state index is 4.83. The number of nitrogens with zero attached hydrogens (tertiary/aromatic N) is 3. The lowest BCUT2D eigenvalue weighted by Crippen LogP contribution is -2.44. The van der Waals surface area contributed by atoms with Crippen molar-refractivity contribution in [2.75, 3.05) is 42.9 Å². The van der Waals surface area contributed by atoms with Gasteiger partial charge in [-0.25, -0.2) is 4.98 Å². The van der Waals surface area contributed by atoms with Gasteiger partial charge < -0.3 is 15.5 Å². The molecule has 0 unspecified atom stereocenters. The van der Waals surface area contributed by atoms with E-state index in [1.807, 2.05) is 0 Å². The highest BCUT2D eigenvalue weighted by Crippen LogP contribution is 2.27. The Morgan fingerprint density at radius 3 is 2.74 bits per heavy atom. The van der Waals surface area contributed by atoms with E-state index in [1.54, 1.807) is 0 Å². The minimum Gasteiger partial charge on any atom is -0.370 e. The number of aromatic nitrogens is 2. The summed E-state index contributed by atoms with van der Waals surface area (Å²) in [6.07, 6.45) is 4.76. The van der Waals surface area contributed by atoms with E-state index in [1.165, 1.54) is 24.1 Å². The molecule has 1 aliphatic heterocycles. The highest BCUT2D eigenvalue weighted by atomic mass is 15.3. The van der Waals surface area contributed by atoms with Crippen molar-refractivity contribution in [2.24, 2.45) is 0 Å². The third kappa shape index (κ3) is 2.66. The first-order chi connectivity index (χ1) is 9.38. The SMILES string of the molecule is CCNc1nc(N2CCNCC2)nc2c1CCCC2. The van der Waals surface area contributed by atoms with Gasteiger partial charge in [0.25, 0.3) is 0 Å². The zero-order chi connectivity index (χ0) is 13.1. The van der Waals surface area contributed by atoms with Gasteiger partial charge in [-0.15, -0.1) is 0 Å². The van der Waals surface area contributed by atoms with Crippen LogP contribution in [0.3, 0.4) is 0 Å². The molecule has 104 valence electrons. The zero-order valence-corrected chi connectivity index (χ0v) is 11.7. The minimum atomic E-state index is 0.915. The number of fused-ring (bicyclic) bond motifs is 1. The van der Waals surface area contributed by atoms with Gasteiger partial charge >= 0.3 is 0 Å². The second-order valence-corrected chi connectivity index (χ2v) is 5.27. The van der Waals surface area contributed by atoms with Crippen LogP contribution in [0.5, 0.6) is 0 Å². The van der Waals surface area contributed by atoms with Crippen molar-refractivity contribution in [3.8, 4) is 0 Å². The van der Waals surface area contributed by atoms with Crippen LogP contribution in [0.2, 0.25) is 0 Å². The van der Waals surface area contributed by atoms with Gasteiger partial charge in [-0.2, -0.15) is 4.98 Å². The number of aryl methyl sites for hydroxylation is 1. The molecule has 0 atom stereocenters. The molecule has 1 aliphatic carbocycles. The van der Waals surface area contributed by atoms with Gasteiger partial charge in [-0.3, -0.25) is 0 Å². The Morgan fingerprint density at radius 2 is 1.95 bits per heavy atom. The lowest BCUT2D eigenvalue weighted by atomic mass is 9.96. The van der Waals surface area contributed by atoms with Crippen LogP contribution in [0.25, 0.3) is 0 Å². The molecule has 3 rings (SSSR count). The van der Waals surface area contributed by atoms with Crippen molar-refractivity contribution in [1.82, 2.24) is 15.3 Å². The minimum absolute atomic E-state index is 0.915. The van der Waals surface area contributed by atoms with Crippen molar-refractivity contribution in [3.05, 3.63) is 11.3 Å². The normalized spacial score (nSPS) is 19.1. The summed E-state index contributed by atoms with van der Waals surface area (Å²) in [5.74, 6) is 1.99. The third-order valence-electron chi connectivity index (χ3n) is 3.92. The van der Waals surface area contributed by atoms with E-state index < -0.39 is 0 Å². The molecule has 5 heteroatoms. The summed E-state index contributed by atoms with van der Waals surface area (Å²) < 4.78 is 0. The van der Waals surface area contributed by atoms with Crippen LogP contribution in [0.4, 0.5) is 11.8 Å². The molecule has 5 nitrogen and oxygen atoms in total. The van der Waals surface area contributed by atoms with Gasteiger partial charge in [0.15, 0.2) is 0 Å². The summed E-state index contributed by atoms with van der Waals surface area (Å²) in [6.45, 7) is 7.11. The number of hydrogen-bond donors (Lipinski definition) is 2. The largest absolute Gasteiger partial charge is 0.370 e. The zero-order valence-electron chi connectivity index (χ0n) is 11.7. The van der Waals surface area contributed by atoms with Gasteiger partial charge in [-0.05, 0) is 32.6 Å². The number of hydrogen-bond acceptors (Lipinski definition) is 5. The molecule has 1 fully saturated rings. The molecule has 0 saturated carbocycles. The number of nitrogens with one attached hydrogen (secondary N) is 2. The van der Waals surface area contributed by atoms with Gasteiger partial charge in [-0.1, -0.05) is 0 Å². The van der Waals surface area contributed by atoms with Gasteiger partial charge in [0.2, 0.25) is 5.95 Å². The van der Waals surface area contributed by atoms with Crippen LogP contribution in [0.15, 0.2) is 0 Å². The van der Waals surface area contributed by atoms with E-state index in [0.717, 1.165) is 57.3 Å². The molecule has 19 heavy (non-hydrogen) atoms. The van der Waals surface area contributed by atoms with Crippen molar-refractivity contribution < 1.29 is 0 Å². The monoisotopic (exact) mass is 261 g/mol. The molecule has 0 aromatic carbocycles. The van der Waals surface area contributed by atoms with Crippen molar-refractivity contribution in [3.63, 3.8) is 0 Å². The quantitative estimate of drug-likeness (QED) is 0.856. The Hall–Kier alpha value is -1.36. The van der Waals surface area contributed by atoms with E-state index in [2.05, 4.69) is 22.5 Å². The predicted molar refractivity (Wildman–Crippen MR) is 77.9 cm³/mol. The standard InChI is InChI=1S/C14H23N5/c1-2-16-13-11-5-3-4-6-12(11)17-14(18-13)19-9-7-15-8-10-19/h15H,2-10H2,1H3,(H,16,17,18). The average molecular weight is 261 g/mol. The van der Waals surface area contributed by atoms with Crippen LogP contribution >= 0.6 is 0 Å². The van der Waals surface area contributed by atoms with E-state index in [-0.39, 0.29) is 0 Å². The Labute approximate surface area is 114 Å². The fourth-order valence-electron chi connectivity index (χ4n) is 2.90. The highest BCUT2D eigenvalue weighted by Gasteiger charge is 2.20. The Kier molecular flexibility index (Phi) is 3.82. The molecule has 2 heterocycles. The van der Waals surface area contributed by atoms with E-state index in [4.69, 9.17) is 9.97 Å². The van der Waals surface area contributed by atoms with Gasteiger partial charge in [0, 0.05) is 38.3 Å². The average Bonchev–Trinajstić information content (AvgIpc) is 2.48. The molecule has 1 saturated heterocycles. The summed E-state index contributed by atoms with van der Waals surface area (Å²) in [6, 6.07) is 0. The van der Waals surface area contributed by atoms with Crippen molar-refractivity contribution in [1.29, 1.82) is 0 Å². The summed E-state index contributed by atoms with van der Waals surface area (Å²) in [5, 5.41) is 6.80. The first-order valence-corrected chi connectivity index (χ1v) is 7.48. The molecular formula is C14H23N5. The molecule has 0 bridgehead atoms. The van der Waals surface area contributed by atoms with E-state index >= 15 is 0 Å². The van der Waals surface area contributed by atoms with Gasteiger partial charge in [0.1, 0.15) is 5.82 Å². The molecule has 0 spiro atoms. The Bertz CT molecular complexity index is 440. The van der Waals surface area contributed by atoms with Crippen LogP contribution < -0.4 is 15.5 Å². The molecule has 1 aromatic rings. The Morgan fingerprint density at radius 1 is 1.16 bits per heavy atom. The molecule has 1 aromatic heterocycles. The lowest BCUT2D eigenvalue weighted by molar-refractivity contribution is 0.575. The third-order valence-corrected chi connectivity index (χ3v) is 3.92. The molecular weight excluding hydrogens is 238 g/mol. The number of piperazine rings is 1. The lowest BCUT2D eigenvalue weighted by Gasteiger charge is -2.29. The smallest absolute Gasteiger partial charge is 0.227 e. The second kappa shape index (κ2) is 5.74. The molecule has 0 amide bonds. The fourth-order valence-corrected chi connectivity index (χ4v) is 2.90. The molecule has 2 aliphatic rings. The Balaban J connectivity index is 1.93. The van der Waals surface area contributed by atoms with Crippen LogP contribution in [0.1, 0.15) is 31.0 Å². The summed E-state index contributed by atoms with van der Waals surface area (Å²) in [5.41, 5.74) is 2.62. The molecule has 0 radical (unpaired) electrons. The van der Waals surface area contributed by atoms with Crippen molar-refractivity contribution in [2.45, 2.75) is 32.6 Å². The maximum atomic E-state index is 4.83. The summed E-state index contributed by atoms with van der Waals surface area (Å²) in [4.78, 5) is 11.9. The fraction of sp³-hybridized carbons (Fsp3) is 0.714.